The van der Waals surface area contributed by atoms with E-state index in [4.69, 9.17) is 10.5 Å². The maximum absolute atomic E-state index is 11.6. The summed E-state index contributed by atoms with van der Waals surface area (Å²) in [6, 6.07) is 6.54. The largest absolute Gasteiger partial charge is 0.495 e. The average Bonchev–Trinajstić information content (AvgIpc) is 2.67. The summed E-state index contributed by atoms with van der Waals surface area (Å²) in [6.07, 6.45) is 1.14. The van der Waals surface area contributed by atoms with Crippen LogP contribution in [0.2, 0.25) is 0 Å². The van der Waals surface area contributed by atoms with Gasteiger partial charge in [-0.3, -0.25) is 4.68 Å². The minimum atomic E-state index is -3.32. The number of nitrogens with zero attached hydrogens (tertiary/aromatic N) is 2. The van der Waals surface area contributed by atoms with Crippen LogP contribution in [-0.4, -0.2) is 31.6 Å². The number of nitrogen functional groups attached to an aromatic ring is 1. The first-order valence-corrected chi connectivity index (χ1v) is 7.40. The van der Waals surface area contributed by atoms with E-state index in [-0.39, 0.29) is 4.90 Å². The lowest BCUT2D eigenvalue weighted by molar-refractivity contribution is 0.403. The molecular weight excluding hydrogens is 266 g/mol. The number of aryl methyl sites for hydroxylation is 1. The molecule has 2 aromatic rings. The summed E-state index contributed by atoms with van der Waals surface area (Å²) in [4.78, 5) is 0.155. The van der Waals surface area contributed by atoms with Gasteiger partial charge in [0, 0.05) is 24.9 Å². The van der Waals surface area contributed by atoms with Crippen molar-refractivity contribution in [3.05, 3.63) is 24.3 Å². The second-order valence-electron chi connectivity index (χ2n) is 4.22. The summed E-state index contributed by atoms with van der Waals surface area (Å²) < 4.78 is 29.9. The molecule has 0 aliphatic carbocycles. The number of hydrogen-bond acceptors (Lipinski definition) is 5. The Morgan fingerprint density at radius 2 is 2.00 bits per heavy atom. The zero-order valence-corrected chi connectivity index (χ0v) is 11.7. The SMILES string of the molecule is COc1cc(-c2cc(N)n(C)n2)ccc1S(C)(=O)=O. The Kier molecular flexibility index (Phi) is 3.23. The van der Waals surface area contributed by atoms with Crippen LogP contribution in [0.1, 0.15) is 0 Å². The maximum atomic E-state index is 11.6. The fraction of sp³-hybridized carbons (Fsp3) is 0.250. The highest BCUT2D eigenvalue weighted by atomic mass is 32.2. The van der Waals surface area contributed by atoms with Gasteiger partial charge < -0.3 is 10.5 Å². The molecule has 6 nitrogen and oxygen atoms in total. The van der Waals surface area contributed by atoms with Crippen molar-refractivity contribution in [2.45, 2.75) is 4.90 Å². The van der Waals surface area contributed by atoms with Crippen LogP contribution in [0.5, 0.6) is 5.75 Å². The normalized spacial score (nSPS) is 11.5. The van der Waals surface area contributed by atoms with Gasteiger partial charge in [-0.05, 0) is 12.1 Å². The molecule has 2 N–H and O–H groups in total. The molecule has 0 saturated heterocycles. The lowest BCUT2D eigenvalue weighted by Crippen LogP contribution is -2.01. The number of aromatic nitrogens is 2. The molecule has 7 heteroatoms. The number of methoxy groups -OCH3 is 1. The van der Waals surface area contributed by atoms with Gasteiger partial charge >= 0.3 is 0 Å². The molecule has 0 spiro atoms. The Labute approximate surface area is 111 Å². The molecule has 102 valence electrons. The first-order valence-electron chi connectivity index (χ1n) is 5.51. The summed E-state index contributed by atoms with van der Waals surface area (Å²) in [5.41, 5.74) is 7.13. The summed E-state index contributed by atoms with van der Waals surface area (Å²) in [5, 5.41) is 4.23. The molecule has 1 heterocycles. The molecule has 1 aromatic heterocycles. The van der Waals surface area contributed by atoms with Crippen molar-refractivity contribution in [1.82, 2.24) is 9.78 Å². The molecule has 19 heavy (non-hydrogen) atoms. The fourth-order valence-corrected chi connectivity index (χ4v) is 2.58. The van der Waals surface area contributed by atoms with E-state index in [1.807, 2.05) is 0 Å². The highest BCUT2D eigenvalue weighted by molar-refractivity contribution is 7.90. The molecule has 1 aromatic carbocycles. The van der Waals surface area contributed by atoms with E-state index in [1.165, 1.54) is 13.2 Å². The second-order valence-corrected chi connectivity index (χ2v) is 6.20. The fourth-order valence-electron chi connectivity index (χ4n) is 1.76. The third kappa shape index (κ3) is 2.55. The number of ether oxygens (including phenoxy) is 1. The summed E-state index contributed by atoms with van der Waals surface area (Å²) >= 11 is 0. The van der Waals surface area contributed by atoms with E-state index in [0.717, 1.165) is 11.8 Å². The van der Waals surface area contributed by atoms with Crippen molar-refractivity contribution in [2.24, 2.45) is 7.05 Å². The van der Waals surface area contributed by atoms with Crippen LogP contribution in [-0.2, 0) is 16.9 Å². The quantitative estimate of drug-likeness (QED) is 0.909. The van der Waals surface area contributed by atoms with Crippen LogP contribution in [0.4, 0.5) is 5.82 Å². The minimum Gasteiger partial charge on any atom is -0.495 e. The Morgan fingerprint density at radius 1 is 1.32 bits per heavy atom. The molecule has 0 radical (unpaired) electrons. The molecule has 0 amide bonds. The van der Waals surface area contributed by atoms with Crippen molar-refractivity contribution >= 4 is 15.7 Å². The summed E-state index contributed by atoms with van der Waals surface area (Å²) in [7, 11) is -0.155. The van der Waals surface area contributed by atoms with Crippen LogP contribution in [0.3, 0.4) is 0 Å². The van der Waals surface area contributed by atoms with E-state index in [2.05, 4.69) is 5.10 Å². The van der Waals surface area contributed by atoms with E-state index < -0.39 is 9.84 Å². The Hall–Kier alpha value is -2.02. The lowest BCUT2D eigenvalue weighted by Gasteiger charge is -2.08. The molecular formula is C12H15N3O3S. The van der Waals surface area contributed by atoms with Crippen LogP contribution in [0.25, 0.3) is 11.3 Å². The van der Waals surface area contributed by atoms with Gasteiger partial charge in [-0.2, -0.15) is 5.10 Å². The Bertz CT molecular complexity index is 700. The molecule has 2 rings (SSSR count). The van der Waals surface area contributed by atoms with Gasteiger partial charge in [0.25, 0.3) is 0 Å². The van der Waals surface area contributed by atoms with Gasteiger partial charge in [0.2, 0.25) is 0 Å². The first kappa shape index (κ1) is 13.4. The third-order valence-corrected chi connectivity index (χ3v) is 3.91. The lowest BCUT2D eigenvalue weighted by atomic mass is 10.1. The summed E-state index contributed by atoms with van der Waals surface area (Å²) in [6.45, 7) is 0. The monoisotopic (exact) mass is 281 g/mol. The van der Waals surface area contributed by atoms with Gasteiger partial charge in [-0.25, -0.2) is 8.42 Å². The molecule has 0 unspecified atom stereocenters. The molecule has 0 bridgehead atoms. The van der Waals surface area contributed by atoms with Gasteiger partial charge in [0.1, 0.15) is 16.5 Å². The van der Waals surface area contributed by atoms with Crippen molar-refractivity contribution in [1.29, 1.82) is 0 Å². The highest BCUT2D eigenvalue weighted by Crippen LogP contribution is 2.30. The van der Waals surface area contributed by atoms with E-state index in [1.54, 1.807) is 29.9 Å². The first-order chi connectivity index (χ1) is 8.82. The molecule has 0 atom stereocenters. The van der Waals surface area contributed by atoms with E-state index >= 15 is 0 Å². The van der Waals surface area contributed by atoms with E-state index in [9.17, 15) is 8.42 Å². The van der Waals surface area contributed by atoms with Crippen LogP contribution in [0, 0.1) is 0 Å². The predicted molar refractivity (Wildman–Crippen MR) is 72.7 cm³/mol. The van der Waals surface area contributed by atoms with Crippen LogP contribution in [0.15, 0.2) is 29.2 Å². The Morgan fingerprint density at radius 3 is 2.47 bits per heavy atom. The number of anilines is 1. The highest BCUT2D eigenvalue weighted by Gasteiger charge is 2.16. The molecule has 0 fully saturated rings. The van der Waals surface area contributed by atoms with Crippen molar-refractivity contribution in [2.75, 3.05) is 19.1 Å². The van der Waals surface area contributed by atoms with Gasteiger partial charge in [-0.1, -0.05) is 6.07 Å². The van der Waals surface area contributed by atoms with Gasteiger partial charge in [0.15, 0.2) is 9.84 Å². The number of hydrogen-bond donors (Lipinski definition) is 1. The zero-order chi connectivity index (χ0) is 14.2. The second kappa shape index (κ2) is 4.58. The van der Waals surface area contributed by atoms with E-state index in [0.29, 0.717) is 17.3 Å². The number of nitrogens with two attached hydrogens (primary N) is 1. The molecule has 0 aliphatic heterocycles. The topological polar surface area (TPSA) is 87.2 Å². The third-order valence-electron chi connectivity index (χ3n) is 2.77. The molecule has 0 saturated carbocycles. The summed E-state index contributed by atoms with van der Waals surface area (Å²) in [5.74, 6) is 0.824. The number of sulfone groups is 1. The average molecular weight is 281 g/mol. The van der Waals surface area contributed by atoms with Gasteiger partial charge in [-0.15, -0.1) is 0 Å². The molecule has 0 aliphatic rings. The Balaban J connectivity index is 2.56. The minimum absolute atomic E-state index is 0.155. The number of rotatable bonds is 3. The number of benzene rings is 1. The van der Waals surface area contributed by atoms with Crippen LogP contribution < -0.4 is 10.5 Å². The predicted octanol–water partition coefficient (Wildman–Crippen LogP) is 1.08. The van der Waals surface area contributed by atoms with Crippen LogP contribution >= 0.6 is 0 Å². The van der Waals surface area contributed by atoms with Crippen molar-refractivity contribution in [3.8, 4) is 17.0 Å². The standard InChI is InChI=1S/C12H15N3O3S/c1-15-12(13)7-9(14-15)8-4-5-11(19(3,16)17)10(6-8)18-2/h4-7H,13H2,1-3H3. The van der Waals surface area contributed by atoms with Crippen molar-refractivity contribution in [3.63, 3.8) is 0 Å². The van der Waals surface area contributed by atoms with Crippen molar-refractivity contribution < 1.29 is 13.2 Å². The smallest absolute Gasteiger partial charge is 0.179 e. The zero-order valence-electron chi connectivity index (χ0n) is 10.9. The maximum Gasteiger partial charge on any atom is 0.179 e. The van der Waals surface area contributed by atoms with Gasteiger partial charge in [0.05, 0.1) is 12.8 Å².